The van der Waals surface area contributed by atoms with Crippen LogP contribution < -0.4 is 4.74 Å². The molecule has 10 rings (SSSR count). The van der Waals surface area contributed by atoms with Crippen molar-refractivity contribution in [1.29, 1.82) is 0 Å². The van der Waals surface area contributed by atoms with E-state index in [0.29, 0.717) is 67.8 Å². The molecule has 0 bridgehead atoms. The fourth-order valence-electron chi connectivity index (χ4n) is 8.28. The lowest BCUT2D eigenvalue weighted by molar-refractivity contribution is 0.239. The zero-order valence-corrected chi connectivity index (χ0v) is 31.7. The molecule has 0 fully saturated rings. The number of ether oxygens (including phenoxy) is 1. The second-order valence-electron chi connectivity index (χ2n) is 14.6. The van der Waals surface area contributed by atoms with E-state index in [0.717, 1.165) is 33.4 Å². The first-order valence-electron chi connectivity index (χ1n) is 19.2. The average Bonchev–Trinajstić information content (AvgIpc) is 3.78. The van der Waals surface area contributed by atoms with E-state index in [2.05, 4.69) is 0 Å². The van der Waals surface area contributed by atoms with Gasteiger partial charge in [-0.25, -0.2) is 23.7 Å². The maximum atomic E-state index is 16.0. The van der Waals surface area contributed by atoms with Crippen molar-refractivity contribution >= 4 is 11.0 Å². The molecule has 0 N–H and O–H groups in total. The Kier molecular flexibility index (Phi) is 8.71. The van der Waals surface area contributed by atoms with E-state index in [9.17, 15) is 0 Å². The minimum Gasteiger partial charge on any atom is -0.489 e. The molecular weight excluding hydrogens is 725 g/mol. The number of hydrogen-bond acceptors (Lipinski definition) is 5. The Balaban J connectivity index is 1.24. The van der Waals surface area contributed by atoms with E-state index >= 15 is 8.78 Å². The Bertz CT molecular complexity index is 2910. The molecule has 1 aliphatic rings. The summed E-state index contributed by atoms with van der Waals surface area (Å²) in [6.07, 6.45) is -0.253. The van der Waals surface area contributed by atoms with Crippen LogP contribution in [0.2, 0.25) is 0 Å². The van der Waals surface area contributed by atoms with Crippen LogP contribution in [0.5, 0.6) is 5.75 Å². The standard InChI is InChI=1S/C51H35F2N3O2/c1-30-45(32-15-7-3-8-16-32)43-28-39(52)26-41(47(43)57-30)36-23-37(42-27-40(53)29-44-46(31(2)58-48(42)44)33-17-9-4-10-18-33)25-38(24-36)51-55-49(34-19-11-5-12-20-34)54-50(56-51)35-21-13-6-14-22-35/h3-30,45H,1-2H3. The van der Waals surface area contributed by atoms with Crippen LogP contribution in [0.1, 0.15) is 29.7 Å². The molecule has 2 unspecified atom stereocenters. The number of aryl methyl sites for hydroxylation is 1. The summed E-state index contributed by atoms with van der Waals surface area (Å²) in [5.74, 6) is 1.67. The van der Waals surface area contributed by atoms with Gasteiger partial charge in [0, 0.05) is 50.2 Å². The molecule has 0 aliphatic carbocycles. The molecule has 0 saturated heterocycles. The Morgan fingerprint density at radius 3 is 1.59 bits per heavy atom. The summed E-state index contributed by atoms with van der Waals surface area (Å²) in [5, 5.41) is 0.651. The number of fused-ring (bicyclic) bond motifs is 2. The van der Waals surface area contributed by atoms with Crippen molar-refractivity contribution in [2.75, 3.05) is 0 Å². The van der Waals surface area contributed by atoms with Gasteiger partial charge < -0.3 is 9.15 Å². The van der Waals surface area contributed by atoms with Gasteiger partial charge in [0.15, 0.2) is 17.5 Å². The zero-order valence-electron chi connectivity index (χ0n) is 31.7. The van der Waals surface area contributed by atoms with Gasteiger partial charge in [0.2, 0.25) is 0 Å². The van der Waals surface area contributed by atoms with E-state index in [1.165, 1.54) is 18.2 Å². The van der Waals surface area contributed by atoms with Crippen LogP contribution >= 0.6 is 0 Å². The molecule has 2 aromatic heterocycles. The van der Waals surface area contributed by atoms with Crippen LogP contribution in [-0.4, -0.2) is 21.1 Å². The fourth-order valence-corrected chi connectivity index (χ4v) is 8.28. The fraction of sp³-hybridized carbons (Fsp3) is 0.0784. The first kappa shape index (κ1) is 35.2. The predicted molar refractivity (Wildman–Crippen MR) is 225 cm³/mol. The molecule has 0 saturated carbocycles. The van der Waals surface area contributed by atoms with Gasteiger partial charge in [-0.3, -0.25) is 0 Å². The van der Waals surface area contributed by atoms with Crippen molar-refractivity contribution in [2.45, 2.75) is 25.9 Å². The Labute approximate surface area is 334 Å². The van der Waals surface area contributed by atoms with Crippen LogP contribution in [0.4, 0.5) is 8.78 Å². The Morgan fingerprint density at radius 1 is 0.500 bits per heavy atom. The maximum absolute atomic E-state index is 16.0. The van der Waals surface area contributed by atoms with Crippen LogP contribution in [-0.2, 0) is 0 Å². The second kappa shape index (κ2) is 14.4. The van der Waals surface area contributed by atoms with Gasteiger partial charge in [-0.05, 0) is 78.6 Å². The summed E-state index contributed by atoms with van der Waals surface area (Å²) in [6, 6.07) is 51.3. The van der Waals surface area contributed by atoms with E-state index in [4.69, 9.17) is 24.1 Å². The Morgan fingerprint density at radius 2 is 0.983 bits per heavy atom. The van der Waals surface area contributed by atoms with Gasteiger partial charge in [0.05, 0.1) is 0 Å². The maximum Gasteiger partial charge on any atom is 0.164 e. The lowest BCUT2D eigenvalue weighted by atomic mass is 9.86. The molecule has 7 heteroatoms. The highest BCUT2D eigenvalue weighted by Gasteiger charge is 2.35. The topological polar surface area (TPSA) is 61.0 Å². The van der Waals surface area contributed by atoms with Crippen LogP contribution in [0, 0.1) is 18.6 Å². The van der Waals surface area contributed by atoms with Crippen molar-refractivity contribution in [2.24, 2.45) is 0 Å². The predicted octanol–water partition coefficient (Wildman–Crippen LogP) is 13.1. The quantitative estimate of drug-likeness (QED) is 0.162. The van der Waals surface area contributed by atoms with Gasteiger partial charge in [-0.15, -0.1) is 0 Å². The van der Waals surface area contributed by atoms with E-state index in [-0.39, 0.29) is 17.8 Å². The highest BCUT2D eigenvalue weighted by Crippen LogP contribution is 2.49. The molecule has 58 heavy (non-hydrogen) atoms. The number of rotatable bonds is 7. The highest BCUT2D eigenvalue weighted by molar-refractivity contribution is 6.03. The van der Waals surface area contributed by atoms with Gasteiger partial charge in [-0.2, -0.15) is 0 Å². The summed E-state index contributed by atoms with van der Waals surface area (Å²) >= 11 is 0. The molecule has 280 valence electrons. The lowest BCUT2D eigenvalue weighted by Crippen LogP contribution is -2.15. The average molecular weight is 760 g/mol. The number of benzene rings is 7. The molecule has 9 aromatic rings. The van der Waals surface area contributed by atoms with Crippen LogP contribution in [0.3, 0.4) is 0 Å². The number of halogens is 2. The number of hydrogen-bond donors (Lipinski definition) is 0. The van der Waals surface area contributed by atoms with Gasteiger partial charge in [-0.1, -0.05) is 121 Å². The second-order valence-corrected chi connectivity index (χ2v) is 14.6. The SMILES string of the molecule is Cc1oc2c(-c3cc(-c4nc(-c5ccccc5)nc(-c5ccccc5)n4)cc(-c4cc(F)cc5c4OC(C)C5c4ccccc4)c3)cc(F)cc2c1-c1ccccc1. The summed E-state index contributed by atoms with van der Waals surface area (Å²) in [6.45, 7) is 3.90. The first-order chi connectivity index (χ1) is 28.4. The first-order valence-corrected chi connectivity index (χ1v) is 19.2. The summed E-state index contributed by atoms with van der Waals surface area (Å²) in [7, 11) is 0. The molecule has 5 nitrogen and oxygen atoms in total. The third-order valence-electron chi connectivity index (χ3n) is 10.9. The van der Waals surface area contributed by atoms with Crippen molar-refractivity contribution in [1.82, 2.24) is 15.0 Å². The largest absolute Gasteiger partial charge is 0.489 e. The third kappa shape index (κ3) is 6.31. The summed E-state index contributed by atoms with van der Waals surface area (Å²) in [4.78, 5) is 15.0. The van der Waals surface area contributed by atoms with Gasteiger partial charge in [0.1, 0.15) is 34.8 Å². The highest BCUT2D eigenvalue weighted by atomic mass is 19.1. The summed E-state index contributed by atoms with van der Waals surface area (Å²) < 4.78 is 45.1. The van der Waals surface area contributed by atoms with Crippen molar-refractivity contribution in [3.63, 3.8) is 0 Å². The van der Waals surface area contributed by atoms with Crippen LogP contribution in [0.15, 0.2) is 168 Å². The number of aromatic nitrogens is 3. The molecule has 0 amide bonds. The molecule has 2 atom stereocenters. The molecule has 3 heterocycles. The number of furan rings is 1. The minimum absolute atomic E-state index is 0.177. The molecule has 1 aliphatic heterocycles. The molecular formula is C51H35F2N3O2. The van der Waals surface area contributed by atoms with E-state index < -0.39 is 5.82 Å². The van der Waals surface area contributed by atoms with E-state index in [1.807, 2.05) is 153 Å². The third-order valence-corrected chi connectivity index (χ3v) is 10.9. The lowest BCUT2D eigenvalue weighted by Gasteiger charge is -2.15. The number of nitrogens with zero attached hydrogens (tertiary/aromatic N) is 3. The smallest absolute Gasteiger partial charge is 0.164 e. The minimum atomic E-state index is -0.417. The van der Waals surface area contributed by atoms with Crippen molar-refractivity contribution in [3.05, 3.63) is 192 Å². The molecule has 0 spiro atoms. The van der Waals surface area contributed by atoms with Crippen molar-refractivity contribution < 1.29 is 17.9 Å². The molecule has 0 radical (unpaired) electrons. The molecule has 7 aromatic carbocycles. The summed E-state index contributed by atoms with van der Waals surface area (Å²) in [5.41, 5.74) is 8.73. The van der Waals surface area contributed by atoms with E-state index in [1.54, 1.807) is 6.07 Å². The normalized spacial score (nSPS) is 14.7. The zero-order chi connectivity index (χ0) is 39.3. The van der Waals surface area contributed by atoms with Crippen LogP contribution in [0.25, 0.3) is 78.5 Å². The monoisotopic (exact) mass is 759 g/mol. The van der Waals surface area contributed by atoms with Gasteiger partial charge >= 0.3 is 0 Å². The Hall–Kier alpha value is -7.25. The van der Waals surface area contributed by atoms with Gasteiger partial charge in [0.25, 0.3) is 0 Å². The van der Waals surface area contributed by atoms with Crippen molar-refractivity contribution in [3.8, 4) is 73.3 Å².